The van der Waals surface area contributed by atoms with Gasteiger partial charge < -0.3 is 5.32 Å². The highest BCUT2D eigenvalue weighted by Crippen LogP contribution is 2.28. The van der Waals surface area contributed by atoms with Crippen molar-refractivity contribution in [3.8, 4) is 6.07 Å². The second-order valence-electron chi connectivity index (χ2n) is 3.75. The fraction of sp³-hybridized carbons (Fsp3) is 0.0714. The Hall–Kier alpha value is -1.79. The Balaban J connectivity index is 2.32. The Kier molecular flexibility index (Phi) is 3.46. The number of benzene rings is 2. The zero-order chi connectivity index (χ0) is 12.3. The van der Waals surface area contributed by atoms with Gasteiger partial charge in [-0.15, -0.1) is 0 Å². The van der Waals surface area contributed by atoms with Crippen molar-refractivity contribution in [1.82, 2.24) is 0 Å². The van der Waals surface area contributed by atoms with Crippen LogP contribution in [-0.4, -0.2) is 0 Å². The smallest absolute Gasteiger partial charge is 0.0992 e. The van der Waals surface area contributed by atoms with E-state index in [1.54, 1.807) is 12.1 Å². The topological polar surface area (TPSA) is 35.8 Å². The van der Waals surface area contributed by atoms with Crippen LogP contribution in [0.25, 0.3) is 0 Å². The zero-order valence-corrected chi connectivity index (χ0v) is 11.0. The van der Waals surface area contributed by atoms with Gasteiger partial charge >= 0.3 is 0 Å². The van der Waals surface area contributed by atoms with Crippen LogP contribution in [0.2, 0.25) is 0 Å². The van der Waals surface area contributed by atoms with E-state index >= 15 is 0 Å². The molecule has 3 heteroatoms. The van der Waals surface area contributed by atoms with Crippen LogP contribution < -0.4 is 5.32 Å². The van der Waals surface area contributed by atoms with Gasteiger partial charge in [0, 0.05) is 10.2 Å². The summed E-state index contributed by atoms with van der Waals surface area (Å²) in [5, 5.41) is 12.1. The van der Waals surface area contributed by atoms with E-state index in [9.17, 15) is 0 Å². The molecule has 0 heterocycles. The first kappa shape index (κ1) is 11.7. The summed E-state index contributed by atoms with van der Waals surface area (Å²) in [6.45, 7) is 2.06. The number of nitriles is 1. The van der Waals surface area contributed by atoms with E-state index in [2.05, 4.69) is 40.3 Å². The van der Waals surface area contributed by atoms with Gasteiger partial charge in [-0.1, -0.05) is 18.2 Å². The molecule has 0 unspecified atom stereocenters. The monoisotopic (exact) mass is 286 g/mol. The van der Waals surface area contributed by atoms with Gasteiger partial charge in [0.2, 0.25) is 0 Å². The maximum absolute atomic E-state index is 8.80. The van der Waals surface area contributed by atoms with Crippen molar-refractivity contribution in [2.75, 3.05) is 5.32 Å². The first-order valence-electron chi connectivity index (χ1n) is 5.23. The third-order valence-electron chi connectivity index (χ3n) is 2.51. The zero-order valence-electron chi connectivity index (χ0n) is 9.37. The van der Waals surface area contributed by atoms with Gasteiger partial charge in [0.15, 0.2) is 0 Å². The molecule has 2 nitrogen and oxygen atoms in total. The van der Waals surface area contributed by atoms with Gasteiger partial charge in [0.25, 0.3) is 0 Å². The van der Waals surface area contributed by atoms with Crippen molar-refractivity contribution in [3.63, 3.8) is 0 Å². The average molecular weight is 287 g/mol. The number of hydrogen-bond acceptors (Lipinski definition) is 2. The lowest BCUT2D eigenvalue weighted by Crippen LogP contribution is -1.94. The van der Waals surface area contributed by atoms with Crippen molar-refractivity contribution in [2.45, 2.75) is 6.92 Å². The minimum absolute atomic E-state index is 0.646. The Bertz CT molecular complexity index is 585. The second-order valence-corrected chi connectivity index (χ2v) is 4.60. The van der Waals surface area contributed by atoms with Gasteiger partial charge in [-0.25, -0.2) is 0 Å². The SMILES string of the molecule is Cc1ccccc1Nc1ccc(C#N)cc1Br. The lowest BCUT2D eigenvalue weighted by atomic mass is 10.2. The molecule has 2 aromatic carbocycles. The molecule has 0 fully saturated rings. The van der Waals surface area contributed by atoms with Crippen LogP contribution >= 0.6 is 15.9 Å². The Morgan fingerprint density at radius 2 is 1.88 bits per heavy atom. The summed E-state index contributed by atoms with van der Waals surface area (Å²) in [5.74, 6) is 0. The van der Waals surface area contributed by atoms with Crippen LogP contribution in [0.4, 0.5) is 11.4 Å². The molecule has 2 aromatic rings. The normalized spacial score (nSPS) is 9.71. The Labute approximate surface area is 109 Å². The van der Waals surface area contributed by atoms with Gasteiger partial charge in [-0.05, 0) is 52.7 Å². The molecule has 0 atom stereocenters. The molecule has 17 heavy (non-hydrogen) atoms. The van der Waals surface area contributed by atoms with Gasteiger partial charge in [0.05, 0.1) is 17.3 Å². The van der Waals surface area contributed by atoms with Crippen molar-refractivity contribution < 1.29 is 0 Å². The second kappa shape index (κ2) is 5.03. The Morgan fingerprint density at radius 1 is 1.12 bits per heavy atom. The number of anilines is 2. The minimum atomic E-state index is 0.646. The molecule has 2 rings (SSSR count). The van der Waals surface area contributed by atoms with E-state index in [1.807, 2.05) is 24.3 Å². The quantitative estimate of drug-likeness (QED) is 0.890. The standard InChI is InChI=1S/C14H11BrN2/c1-10-4-2-3-5-13(10)17-14-7-6-11(9-16)8-12(14)15/h2-8,17H,1H3. The van der Waals surface area contributed by atoms with E-state index in [0.717, 1.165) is 15.8 Å². The lowest BCUT2D eigenvalue weighted by molar-refractivity contribution is 1.41. The number of aryl methyl sites for hydroxylation is 1. The number of nitrogens with zero attached hydrogens (tertiary/aromatic N) is 1. The molecule has 0 amide bonds. The molecule has 0 spiro atoms. The molecular weight excluding hydrogens is 276 g/mol. The van der Waals surface area contributed by atoms with Crippen LogP contribution in [0.1, 0.15) is 11.1 Å². The van der Waals surface area contributed by atoms with E-state index in [-0.39, 0.29) is 0 Å². The summed E-state index contributed by atoms with van der Waals surface area (Å²) in [4.78, 5) is 0. The third kappa shape index (κ3) is 2.66. The first-order chi connectivity index (χ1) is 8.20. The lowest BCUT2D eigenvalue weighted by Gasteiger charge is -2.11. The molecule has 1 N–H and O–H groups in total. The number of rotatable bonds is 2. The predicted octanol–water partition coefficient (Wildman–Crippen LogP) is 4.37. The van der Waals surface area contributed by atoms with Crippen molar-refractivity contribution in [3.05, 3.63) is 58.1 Å². The van der Waals surface area contributed by atoms with Crippen LogP contribution in [-0.2, 0) is 0 Å². The third-order valence-corrected chi connectivity index (χ3v) is 3.17. The largest absolute Gasteiger partial charge is 0.354 e. The number of nitrogens with one attached hydrogen (secondary N) is 1. The summed E-state index contributed by atoms with van der Waals surface area (Å²) in [7, 11) is 0. The predicted molar refractivity (Wildman–Crippen MR) is 73.3 cm³/mol. The van der Waals surface area contributed by atoms with Gasteiger partial charge in [0.1, 0.15) is 0 Å². The molecule has 84 valence electrons. The Morgan fingerprint density at radius 3 is 2.53 bits per heavy atom. The highest BCUT2D eigenvalue weighted by Gasteiger charge is 2.03. The molecule has 0 radical (unpaired) electrons. The van der Waals surface area contributed by atoms with E-state index in [1.165, 1.54) is 5.56 Å². The number of halogens is 1. The highest BCUT2D eigenvalue weighted by atomic mass is 79.9. The van der Waals surface area contributed by atoms with Crippen molar-refractivity contribution in [2.24, 2.45) is 0 Å². The summed E-state index contributed by atoms with van der Waals surface area (Å²) in [6.07, 6.45) is 0. The van der Waals surface area contributed by atoms with E-state index < -0.39 is 0 Å². The maximum atomic E-state index is 8.80. The molecule has 0 saturated carbocycles. The molecular formula is C14H11BrN2. The summed E-state index contributed by atoms with van der Waals surface area (Å²) in [6, 6.07) is 15.7. The van der Waals surface area contributed by atoms with E-state index in [0.29, 0.717) is 5.56 Å². The summed E-state index contributed by atoms with van der Waals surface area (Å²) >= 11 is 3.46. The van der Waals surface area contributed by atoms with Gasteiger partial charge in [-0.2, -0.15) is 5.26 Å². The van der Waals surface area contributed by atoms with Crippen LogP contribution in [0.5, 0.6) is 0 Å². The van der Waals surface area contributed by atoms with Gasteiger partial charge in [-0.3, -0.25) is 0 Å². The number of para-hydroxylation sites is 1. The molecule has 0 saturated heterocycles. The van der Waals surface area contributed by atoms with E-state index in [4.69, 9.17) is 5.26 Å². The maximum Gasteiger partial charge on any atom is 0.0992 e. The van der Waals surface area contributed by atoms with Crippen LogP contribution in [0, 0.1) is 18.3 Å². The van der Waals surface area contributed by atoms with Crippen molar-refractivity contribution >= 4 is 27.3 Å². The first-order valence-corrected chi connectivity index (χ1v) is 6.02. The average Bonchev–Trinajstić information content (AvgIpc) is 2.34. The summed E-state index contributed by atoms with van der Waals surface area (Å²) in [5.41, 5.74) is 3.85. The van der Waals surface area contributed by atoms with Crippen LogP contribution in [0.15, 0.2) is 46.9 Å². The fourth-order valence-corrected chi connectivity index (χ4v) is 2.02. The molecule has 0 aliphatic heterocycles. The van der Waals surface area contributed by atoms with Crippen LogP contribution in [0.3, 0.4) is 0 Å². The summed E-state index contributed by atoms with van der Waals surface area (Å²) < 4.78 is 0.889. The minimum Gasteiger partial charge on any atom is -0.354 e. The fourth-order valence-electron chi connectivity index (χ4n) is 1.54. The molecule has 0 aliphatic carbocycles. The molecule has 0 aliphatic rings. The molecule has 0 aromatic heterocycles. The molecule has 0 bridgehead atoms. The highest BCUT2D eigenvalue weighted by molar-refractivity contribution is 9.10. The number of hydrogen-bond donors (Lipinski definition) is 1. The van der Waals surface area contributed by atoms with Crippen molar-refractivity contribution in [1.29, 1.82) is 5.26 Å².